The third-order valence-corrected chi connectivity index (χ3v) is 16.0. The molecule has 0 saturated carbocycles. The summed E-state index contributed by atoms with van der Waals surface area (Å²) < 4.78 is 64.4. The first kappa shape index (κ1) is 60.2. The third-order valence-electron chi connectivity index (χ3n) is 13.9. The van der Waals surface area contributed by atoms with Gasteiger partial charge in [0, 0.05) is 41.5 Å². The maximum absolute atomic E-state index is 17.9. The molecule has 5 atom stereocenters. The van der Waals surface area contributed by atoms with Crippen LogP contribution in [0.4, 0.5) is 10.1 Å². The highest BCUT2D eigenvalue weighted by atomic mass is 31.2. The number of carbonyl (C=O) groups excluding carboxylic acids is 1. The summed E-state index contributed by atoms with van der Waals surface area (Å²) >= 11 is 0. The number of halogens is 1. The molecule has 20 nitrogen and oxygen atoms in total. The zero-order chi connectivity index (χ0) is 57.2. The van der Waals surface area contributed by atoms with Gasteiger partial charge in [-0.1, -0.05) is 66.7 Å². The standard InChI is InChI=1S/C57H71FN7O13P/c1-37(2)63(38(3)4)79(76-30-16-29-59)78-50-48(35-74-57(40-18-12-11-13-19-40,41-21-25-44(71-9)26-22-41)42-23-27-45(72-10)28-24-42)77-53(49(50)58)62-33-46(52(67)61-54(62)68)51(66)60-43-31-55(5,6)65(56(7,8)32-43)75-36-73-34-39-17-14-15-20-47(39)64(69)70/h11-15,17-28,33,37-38,43,48-50,53H,16,30-32,34-36H2,1-10H3,(H,60,66)(H,61,67,68). The summed E-state index contributed by atoms with van der Waals surface area (Å²) in [6.07, 6.45) is -4.96. The fraction of sp³-hybridized carbons (Fsp3) is 0.474. The molecule has 1 aromatic heterocycles. The van der Waals surface area contributed by atoms with Crippen molar-refractivity contribution in [3.63, 3.8) is 0 Å². The van der Waals surface area contributed by atoms with E-state index >= 15 is 4.39 Å². The van der Waals surface area contributed by atoms with E-state index in [0.29, 0.717) is 46.6 Å². The number of aromatic amines is 1. The number of carbonyl (C=O) groups is 1. The normalized spacial score (nSPS) is 19.8. The van der Waals surface area contributed by atoms with Crippen molar-refractivity contribution in [2.45, 2.75) is 141 Å². The minimum atomic E-state index is -2.13. The lowest BCUT2D eigenvalue weighted by Crippen LogP contribution is -2.64. The van der Waals surface area contributed by atoms with Crippen LogP contribution in [0.3, 0.4) is 0 Å². The number of nitrogens with zero attached hydrogens (tertiary/aromatic N) is 5. The molecule has 424 valence electrons. The van der Waals surface area contributed by atoms with Gasteiger partial charge < -0.3 is 38.0 Å². The van der Waals surface area contributed by atoms with E-state index in [9.17, 15) is 29.8 Å². The van der Waals surface area contributed by atoms with Crippen LogP contribution in [-0.4, -0.2) is 112 Å². The Morgan fingerprint density at radius 3 is 2.04 bits per heavy atom. The molecule has 0 bridgehead atoms. The number of methoxy groups -OCH3 is 2. The molecule has 2 saturated heterocycles. The highest BCUT2D eigenvalue weighted by Crippen LogP contribution is 2.51. The smallest absolute Gasteiger partial charge is 0.330 e. The van der Waals surface area contributed by atoms with Gasteiger partial charge in [-0.3, -0.25) is 34.1 Å². The van der Waals surface area contributed by atoms with E-state index in [1.54, 1.807) is 37.5 Å². The fourth-order valence-electron chi connectivity index (χ4n) is 10.7. The molecule has 0 aliphatic carbocycles. The molecule has 2 fully saturated rings. The predicted octanol–water partition coefficient (Wildman–Crippen LogP) is 9.22. The van der Waals surface area contributed by atoms with Crippen LogP contribution in [0.2, 0.25) is 0 Å². The Morgan fingerprint density at radius 1 is 0.911 bits per heavy atom. The van der Waals surface area contributed by atoms with Crippen molar-refractivity contribution < 1.29 is 51.7 Å². The Balaban J connectivity index is 1.20. The minimum absolute atomic E-state index is 0.0186. The lowest BCUT2D eigenvalue weighted by atomic mass is 9.79. The van der Waals surface area contributed by atoms with Crippen molar-refractivity contribution >= 4 is 20.1 Å². The number of nitro benzene ring substituents is 1. The number of rotatable bonds is 25. The highest BCUT2D eigenvalue weighted by molar-refractivity contribution is 7.44. The van der Waals surface area contributed by atoms with Gasteiger partial charge in [0.1, 0.15) is 34.9 Å². The first-order valence-electron chi connectivity index (χ1n) is 26.1. The van der Waals surface area contributed by atoms with Crippen LogP contribution in [0, 0.1) is 21.4 Å². The van der Waals surface area contributed by atoms with Crippen molar-refractivity contribution in [2.24, 2.45) is 0 Å². The van der Waals surface area contributed by atoms with Crippen molar-refractivity contribution in [3.8, 4) is 17.6 Å². The average Bonchev–Trinajstić information content (AvgIpc) is 3.89. The van der Waals surface area contributed by atoms with Crippen LogP contribution in [0.15, 0.2) is 119 Å². The predicted molar refractivity (Wildman–Crippen MR) is 293 cm³/mol. The second-order valence-electron chi connectivity index (χ2n) is 21.1. The number of hydroxylamine groups is 2. The number of nitriles is 1. The molecule has 5 unspecified atom stereocenters. The molecule has 2 aliphatic rings. The Kier molecular flexibility index (Phi) is 20.0. The lowest BCUT2D eigenvalue weighted by Gasteiger charge is -2.53. The number of benzene rings is 4. The quantitative estimate of drug-likeness (QED) is 0.0138. The Morgan fingerprint density at radius 2 is 1.48 bits per heavy atom. The average molecular weight is 1110 g/mol. The Bertz CT molecular complexity index is 2940. The molecule has 79 heavy (non-hydrogen) atoms. The number of ether oxygens (including phenoxy) is 5. The molecule has 0 spiro atoms. The van der Waals surface area contributed by atoms with Gasteiger partial charge in [0.2, 0.25) is 0 Å². The number of amides is 1. The van der Waals surface area contributed by atoms with E-state index in [2.05, 4.69) is 16.4 Å². The minimum Gasteiger partial charge on any atom is -0.497 e. The van der Waals surface area contributed by atoms with Crippen LogP contribution in [-0.2, 0) is 40.3 Å². The summed E-state index contributed by atoms with van der Waals surface area (Å²) in [5.41, 5.74) is -2.95. The van der Waals surface area contributed by atoms with E-state index in [-0.39, 0.29) is 50.8 Å². The first-order chi connectivity index (χ1) is 37.6. The van der Waals surface area contributed by atoms with Crippen molar-refractivity contribution in [1.29, 1.82) is 5.26 Å². The Labute approximate surface area is 460 Å². The van der Waals surface area contributed by atoms with Gasteiger partial charge in [-0.15, -0.1) is 0 Å². The number of para-hydroxylation sites is 1. The third kappa shape index (κ3) is 13.8. The molecule has 7 rings (SSSR count). The number of H-pyrrole nitrogens is 1. The topological polar surface area (TPSA) is 231 Å². The molecule has 3 heterocycles. The van der Waals surface area contributed by atoms with E-state index in [4.69, 9.17) is 37.6 Å². The molecule has 1 amide bonds. The summed E-state index contributed by atoms with van der Waals surface area (Å²) in [7, 11) is 1.04. The number of aromatic nitrogens is 2. The monoisotopic (exact) mass is 1110 g/mol. The first-order valence-corrected chi connectivity index (χ1v) is 27.2. The molecule has 2 aliphatic heterocycles. The molecule has 5 aromatic rings. The number of piperidine rings is 1. The van der Waals surface area contributed by atoms with Gasteiger partial charge in [0.05, 0.1) is 57.0 Å². The Hall–Kier alpha value is -6.44. The molecule has 2 N–H and O–H groups in total. The largest absolute Gasteiger partial charge is 0.497 e. The number of alkyl halides is 1. The molecule has 22 heteroatoms. The zero-order valence-corrected chi connectivity index (χ0v) is 47.1. The van der Waals surface area contributed by atoms with Crippen molar-refractivity contribution in [3.05, 3.63) is 168 Å². The number of nitrogens with one attached hydrogen (secondary N) is 2. The van der Waals surface area contributed by atoms with Crippen LogP contribution in [0.5, 0.6) is 11.5 Å². The molecule has 0 radical (unpaired) electrons. The van der Waals surface area contributed by atoms with E-state index in [1.165, 1.54) is 6.07 Å². The van der Waals surface area contributed by atoms with Gasteiger partial charge in [0.15, 0.2) is 19.2 Å². The van der Waals surface area contributed by atoms with Crippen LogP contribution in [0.1, 0.15) is 113 Å². The van der Waals surface area contributed by atoms with E-state index < -0.39 is 83.5 Å². The molecular weight excluding hydrogens is 1040 g/mol. The highest BCUT2D eigenvalue weighted by Gasteiger charge is 2.52. The number of hydrogen-bond donors (Lipinski definition) is 2. The van der Waals surface area contributed by atoms with Gasteiger partial charge in [-0.2, -0.15) is 10.3 Å². The molecule has 4 aromatic carbocycles. The van der Waals surface area contributed by atoms with Gasteiger partial charge >= 0.3 is 5.69 Å². The number of nitro groups is 1. The maximum atomic E-state index is 17.9. The summed E-state index contributed by atoms with van der Waals surface area (Å²) in [6, 6.07) is 31.7. The molecular formula is C57H71FN7O13P. The van der Waals surface area contributed by atoms with Gasteiger partial charge in [-0.05, 0) is 115 Å². The summed E-state index contributed by atoms with van der Waals surface area (Å²) in [5.74, 6) is 0.382. The zero-order valence-electron chi connectivity index (χ0n) is 46.3. The van der Waals surface area contributed by atoms with Crippen LogP contribution in [0.25, 0.3) is 0 Å². The van der Waals surface area contributed by atoms with Crippen LogP contribution < -0.4 is 26.0 Å². The van der Waals surface area contributed by atoms with Crippen LogP contribution >= 0.6 is 8.53 Å². The van der Waals surface area contributed by atoms with E-state index in [1.807, 2.05) is 139 Å². The van der Waals surface area contributed by atoms with E-state index in [0.717, 1.165) is 10.8 Å². The second-order valence-corrected chi connectivity index (χ2v) is 22.5. The summed E-state index contributed by atoms with van der Waals surface area (Å²) in [6.45, 7) is 14.8. The number of hydrogen-bond acceptors (Lipinski definition) is 16. The SMILES string of the molecule is COc1ccc(C(OCC2OC(n3cc(C(=O)NC4CC(C)(C)N(OCOCc5ccccc5[N+](=O)[O-])C(C)(C)C4)c(=O)[nH]c3=O)C(F)C2OP(OCCC#N)N(C(C)C)C(C)C)(c2ccccc2)c2ccc(OC)cc2)cc1. The van der Waals surface area contributed by atoms with Crippen molar-refractivity contribution in [1.82, 2.24) is 24.6 Å². The van der Waals surface area contributed by atoms with Gasteiger partial charge in [-0.25, -0.2) is 13.9 Å². The summed E-state index contributed by atoms with van der Waals surface area (Å²) in [5, 5.41) is 25.8. The summed E-state index contributed by atoms with van der Waals surface area (Å²) in [4.78, 5) is 61.3. The van der Waals surface area contributed by atoms with Crippen molar-refractivity contribution in [2.75, 3.05) is 34.2 Å². The second kappa shape index (κ2) is 26.2. The van der Waals surface area contributed by atoms with Gasteiger partial charge in [0.25, 0.3) is 25.7 Å². The lowest BCUT2D eigenvalue weighted by molar-refractivity contribution is -0.386. The fourth-order valence-corrected chi connectivity index (χ4v) is 12.5. The maximum Gasteiger partial charge on any atom is 0.330 e.